The molecule has 1 aromatic carbocycles. The van der Waals surface area contributed by atoms with Crippen molar-refractivity contribution in [2.24, 2.45) is 5.92 Å². The fraction of sp³-hybridized carbons (Fsp3) is 0.500. The summed E-state index contributed by atoms with van der Waals surface area (Å²) >= 11 is 8.50. The van der Waals surface area contributed by atoms with Gasteiger partial charge in [-0.15, -0.1) is 0 Å². The summed E-state index contributed by atoms with van der Waals surface area (Å²) in [6.07, 6.45) is 4.89. The first-order chi connectivity index (χ1) is 9.06. The zero-order valence-corrected chi connectivity index (χ0v) is 13.3. The molecule has 0 amide bonds. The van der Waals surface area contributed by atoms with Crippen molar-refractivity contribution in [1.82, 2.24) is 5.32 Å². The van der Waals surface area contributed by atoms with E-state index in [2.05, 4.69) is 33.5 Å². The normalized spacial score (nSPS) is 22.9. The highest BCUT2D eigenvalue weighted by Gasteiger charge is 2.21. The SMILES string of the molecule is C[C@H]1CCCC[C@@H]1NC(=S)Nc1ccc(Br)cc1F. The summed E-state index contributed by atoms with van der Waals surface area (Å²) in [5, 5.41) is 6.73. The molecular weight excluding hydrogens is 327 g/mol. The summed E-state index contributed by atoms with van der Waals surface area (Å²) in [4.78, 5) is 0. The van der Waals surface area contributed by atoms with Gasteiger partial charge < -0.3 is 10.6 Å². The van der Waals surface area contributed by atoms with Gasteiger partial charge in [0.25, 0.3) is 0 Å². The molecule has 0 saturated heterocycles. The third kappa shape index (κ3) is 4.14. The molecule has 104 valence electrons. The Morgan fingerprint density at radius 2 is 2.11 bits per heavy atom. The highest BCUT2D eigenvalue weighted by Crippen LogP contribution is 2.24. The fourth-order valence-electron chi connectivity index (χ4n) is 2.45. The van der Waals surface area contributed by atoms with Crippen molar-refractivity contribution in [1.29, 1.82) is 0 Å². The van der Waals surface area contributed by atoms with Crippen LogP contribution in [0.25, 0.3) is 0 Å². The van der Waals surface area contributed by atoms with Crippen molar-refractivity contribution in [3.05, 3.63) is 28.5 Å². The van der Waals surface area contributed by atoms with E-state index >= 15 is 0 Å². The van der Waals surface area contributed by atoms with Crippen LogP contribution >= 0.6 is 28.1 Å². The predicted molar refractivity (Wildman–Crippen MR) is 84.9 cm³/mol. The molecule has 0 aromatic heterocycles. The molecular formula is C14H18BrFN2S. The summed E-state index contributed by atoms with van der Waals surface area (Å²) in [7, 11) is 0. The maximum atomic E-state index is 13.7. The van der Waals surface area contributed by atoms with Crippen molar-refractivity contribution < 1.29 is 4.39 Å². The molecule has 0 radical (unpaired) electrons. The van der Waals surface area contributed by atoms with Crippen LogP contribution in [0.2, 0.25) is 0 Å². The van der Waals surface area contributed by atoms with Gasteiger partial charge in [0.15, 0.2) is 5.11 Å². The van der Waals surface area contributed by atoms with Crippen LogP contribution in [-0.4, -0.2) is 11.2 Å². The zero-order chi connectivity index (χ0) is 13.8. The Kier molecular flexibility index (Phi) is 5.16. The molecule has 2 atom stereocenters. The number of halogens is 2. The smallest absolute Gasteiger partial charge is 0.171 e. The summed E-state index contributed by atoms with van der Waals surface area (Å²) in [5.74, 6) is 0.304. The maximum Gasteiger partial charge on any atom is 0.171 e. The molecule has 2 rings (SSSR count). The average Bonchev–Trinajstić information content (AvgIpc) is 2.36. The lowest BCUT2D eigenvalue weighted by molar-refractivity contribution is 0.309. The minimum absolute atomic E-state index is 0.310. The molecule has 5 heteroatoms. The standard InChI is InChI=1S/C14H18BrFN2S/c1-9-4-2-3-5-12(9)17-14(19)18-13-7-6-10(15)8-11(13)16/h6-9,12H,2-5H2,1H3,(H2,17,18,19)/t9-,12-/m0/s1. The first kappa shape index (κ1) is 14.7. The lowest BCUT2D eigenvalue weighted by Gasteiger charge is -2.30. The Bertz CT molecular complexity index is 467. The van der Waals surface area contributed by atoms with Crippen molar-refractivity contribution in [2.45, 2.75) is 38.6 Å². The number of thiocarbonyl (C=S) groups is 1. The van der Waals surface area contributed by atoms with Crippen LogP contribution in [0.4, 0.5) is 10.1 Å². The molecule has 1 saturated carbocycles. The Balaban J connectivity index is 1.93. The number of hydrogen-bond donors (Lipinski definition) is 2. The lowest BCUT2D eigenvalue weighted by atomic mass is 9.86. The Labute approximate surface area is 127 Å². The van der Waals surface area contributed by atoms with E-state index in [0.29, 0.717) is 22.8 Å². The maximum absolute atomic E-state index is 13.7. The van der Waals surface area contributed by atoms with E-state index in [9.17, 15) is 4.39 Å². The molecule has 1 aliphatic rings. The molecule has 0 bridgehead atoms. The van der Waals surface area contributed by atoms with Gasteiger partial charge in [0.2, 0.25) is 0 Å². The van der Waals surface area contributed by atoms with Gasteiger partial charge in [0.1, 0.15) is 5.82 Å². The second-order valence-electron chi connectivity index (χ2n) is 5.09. The number of nitrogens with one attached hydrogen (secondary N) is 2. The molecule has 2 N–H and O–H groups in total. The molecule has 0 unspecified atom stereocenters. The monoisotopic (exact) mass is 344 g/mol. The van der Waals surface area contributed by atoms with Crippen molar-refractivity contribution in [3.63, 3.8) is 0 Å². The largest absolute Gasteiger partial charge is 0.359 e. The van der Waals surface area contributed by atoms with Crippen LogP contribution in [0, 0.1) is 11.7 Å². The quantitative estimate of drug-likeness (QED) is 0.775. The highest BCUT2D eigenvalue weighted by atomic mass is 79.9. The summed E-state index contributed by atoms with van der Waals surface area (Å²) in [6, 6.07) is 5.29. The van der Waals surface area contributed by atoms with Crippen molar-refractivity contribution >= 4 is 38.9 Å². The first-order valence-electron chi connectivity index (χ1n) is 6.59. The third-order valence-corrected chi connectivity index (χ3v) is 4.32. The second kappa shape index (κ2) is 6.66. The van der Waals surface area contributed by atoms with E-state index in [1.54, 1.807) is 12.1 Å². The number of hydrogen-bond acceptors (Lipinski definition) is 1. The third-order valence-electron chi connectivity index (χ3n) is 3.61. The number of rotatable bonds is 2. The minimum Gasteiger partial charge on any atom is -0.359 e. The zero-order valence-electron chi connectivity index (χ0n) is 10.9. The van der Waals surface area contributed by atoms with Gasteiger partial charge in [-0.05, 0) is 49.2 Å². The summed E-state index contributed by atoms with van der Waals surface area (Å²) in [6.45, 7) is 2.24. The van der Waals surface area contributed by atoms with Gasteiger partial charge in [-0.2, -0.15) is 0 Å². The van der Waals surface area contributed by atoms with Crippen LogP contribution in [0.15, 0.2) is 22.7 Å². The summed E-state index contributed by atoms with van der Waals surface area (Å²) in [5.41, 5.74) is 0.407. The van der Waals surface area contributed by atoms with Crippen molar-refractivity contribution in [2.75, 3.05) is 5.32 Å². The summed E-state index contributed by atoms with van der Waals surface area (Å²) < 4.78 is 14.4. The van der Waals surface area contributed by atoms with Crippen LogP contribution in [0.1, 0.15) is 32.6 Å². The van der Waals surface area contributed by atoms with Gasteiger partial charge in [0, 0.05) is 10.5 Å². The molecule has 0 heterocycles. The van der Waals surface area contributed by atoms with Gasteiger partial charge in [-0.25, -0.2) is 4.39 Å². The van der Waals surface area contributed by atoms with E-state index in [1.807, 2.05) is 0 Å². The Hall–Kier alpha value is -0.680. The topological polar surface area (TPSA) is 24.1 Å². The van der Waals surface area contributed by atoms with Crippen molar-refractivity contribution in [3.8, 4) is 0 Å². The van der Waals surface area contributed by atoms with Gasteiger partial charge in [-0.1, -0.05) is 35.7 Å². The molecule has 1 aliphatic carbocycles. The van der Waals surface area contributed by atoms with E-state index in [1.165, 1.54) is 25.3 Å². The van der Waals surface area contributed by atoms with E-state index in [-0.39, 0.29) is 5.82 Å². The van der Waals surface area contributed by atoms with Crippen LogP contribution in [0.3, 0.4) is 0 Å². The lowest BCUT2D eigenvalue weighted by Crippen LogP contribution is -2.43. The molecule has 0 aliphatic heterocycles. The van der Waals surface area contributed by atoms with Gasteiger partial charge in [0.05, 0.1) is 5.69 Å². The minimum atomic E-state index is -0.310. The van der Waals surface area contributed by atoms with Crippen LogP contribution in [-0.2, 0) is 0 Å². The van der Waals surface area contributed by atoms with Gasteiger partial charge in [-0.3, -0.25) is 0 Å². The van der Waals surface area contributed by atoms with Gasteiger partial charge >= 0.3 is 0 Å². The van der Waals surface area contributed by atoms with E-state index in [0.717, 1.165) is 10.9 Å². The average molecular weight is 345 g/mol. The Morgan fingerprint density at radius 1 is 1.37 bits per heavy atom. The van der Waals surface area contributed by atoms with Crippen LogP contribution in [0.5, 0.6) is 0 Å². The van der Waals surface area contributed by atoms with Crippen LogP contribution < -0.4 is 10.6 Å². The van der Waals surface area contributed by atoms with E-state index < -0.39 is 0 Å². The molecule has 1 fully saturated rings. The number of benzene rings is 1. The fourth-order valence-corrected chi connectivity index (χ4v) is 3.04. The molecule has 0 spiro atoms. The highest BCUT2D eigenvalue weighted by molar-refractivity contribution is 9.10. The Morgan fingerprint density at radius 3 is 2.79 bits per heavy atom. The van der Waals surface area contributed by atoms with E-state index in [4.69, 9.17) is 12.2 Å². The second-order valence-corrected chi connectivity index (χ2v) is 6.41. The molecule has 2 nitrogen and oxygen atoms in total. The molecule has 19 heavy (non-hydrogen) atoms. The molecule has 1 aromatic rings. The predicted octanol–water partition coefficient (Wildman–Crippen LogP) is 4.45. The first-order valence-corrected chi connectivity index (χ1v) is 7.79. The number of anilines is 1.